The minimum atomic E-state index is 0.300. The van der Waals surface area contributed by atoms with Crippen molar-refractivity contribution in [2.24, 2.45) is 0 Å². The molecule has 0 amide bonds. The van der Waals surface area contributed by atoms with E-state index < -0.39 is 0 Å². The van der Waals surface area contributed by atoms with E-state index in [-0.39, 0.29) is 0 Å². The number of thiophene rings is 1. The Morgan fingerprint density at radius 2 is 2.15 bits per heavy atom. The summed E-state index contributed by atoms with van der Waals surface area (Å²) in [6, 6.07) is 3.24. The first-order chi connectivity index (χ1) is 9.79. The number of aryl methyl sites for hydroxylation is 2. The van der Waals surface area contributed by atoms with Crippen molar-refractivity contribution in [2.75, 3.05) is 0 Å². The molecule has 106 valence electrons. The van der Waals surface area contributed by atoms with Gasteiger partial charge in [-0.05, 0) is 60.5 Å². The van der Waals surface area contributed by atoms with Crippen LogP contribution in [0.4, 0.5) is 0 Å². The molecular weight excluding hydrogens is 352 g/mol. The molecule has 2 nitrogen and oxygen atoms in total. The molecule has 0 bridgehead atoms. The Labute approximate surface area is 135 Å². The lowest BCUT2D eigenvalue weighted by Crippen LogP contribution is -2.23. The van der Waals surface area contributed by atoms with Gasteiger partial charge in [0.2, 0.25) is 0 Å². The topological polar surface area (TPSA) is 24.9 Å². The van der Waals surface area contributed by atoms with Crippen LogP contribution in [-0.4, -0.2) is 11.0 Å². The number of halogens is 1. The average molecular weight is 369 g/mol. The van der Waals surface area contributed by atoms with Gasteiger partial charge in [0.05, 0.1) is 11.7 Å². The van der Waals surface area contributed by atoms with E-state index in [1.54, 1.807) is 0 Å². The Balaban J connectivity index is 1.67. The number of rotatable bonds is 4. The first kappa shape index (κ1) is 13.4. The Hall–Kier alpha value is -0.230. The van der Waals surface area contributed by atoms with Gasteiger partial charge >= 0.3 is 0 Å². The van der Waals surface area contributed by atoms with Crippen LogP contribution >= 0.6 is 38.6 Å². The van der Waals surface area contributed by atoms with Crippen LogP contribution in [0.2, 0.25) is 0 Å². The number of nitrogens with zero attached hydrogens (tertiary/aromatic N) is 1. The molecule has 4 rings (SSSR count). The largest absolute Gasteiger partial charge is 0.301 e. The highest BCUT2D eigenvalue weighted by atomic mass is 79.9. The number of thiazole rings is 1. The SMILES string of the molecule is Brc1csc(C(NC2CC2)c2nc3c(s2)CCCC3)c1. The van der Waals surface area contributed by atoms with Crippen LogP contribution in [0.25, 0.3) is 0 Å². The van der Waals surface area contributed by atoms with E-state index >= 15 is 0 Å². The molecule has 5 heteroatoms. The van der Waals surface area contributed by atoms with Crippen molar-refractivity contribution in [3.05, 3.63) is 36.4 Å². The quantitative estimate of drug-likeness (QED) is 0.846. The van der Waals surface area contributed by atoms with Crippen molar-refractivity contribution in [2.45, 2.75) is 50.6 Å². The number of hydrogen-bond donors (Lipinski definition) is 1. The Morgan fingerprint density at radius 3 is 2.85 bits per heavy atom. The molecule has 1 saturated carbocycles. The van der Waals surface area contributed by atoms with Crippen LogP contribution in [-0.2, 0) is 12.8 Å². The Morgan fingerprint density at radius 1 is 1.30 bits per heavy atom. The molecule has 0 aromatic carbocycles. The van der Waals surface area contributed by atoms with Crippen LogP contribution in [0, 0.1) is 0 Å². The summed E-state index contributed by atoms with van der Waals surface area (Å²) in [7, 11) is 0. The normalized spacial score (nSPS) is 19.9. The summed E-state index contributed by atoms with van der Waals surface area (Å²) in [6.45, 7) is 0. The van der Waals surface area contributed by atoms with Crippen LogP contribution in [0.1, 0.15) is 52.2 Å². The number of aromatic nitrogens is 1. The zero-order valence-electron chi connectivity index (χ0n) is 11.2. The molecule has 0 radical (unpaired) electrons. The van der Waals surface area contributed by atoms with Gasteiger partial charge in [0.15, 0.2) is 0 Å². The van der Waals surface area contributed by atoms with E-state index in [1.165, 1.54) is 63.5 Å². The predicted molar refractivity (Wildman–Crippen MR) is 88.8 cm³/mol. The fourth-order valence-corrected chi connectivity index (χ4v) is 5.55. The summed E-state index contributed by atoms with van der Waals surface area (Å²) in [6.07, 6.45) is 7.68. The maximum atomic E-state index is 4.96. The second kappa shape index (κ2) is 5.52. The lowest BCUT2D eigenvalue weighted by molar-refractivity contribution is 0.601. The summed E-state index contributed by atoms with van der Waals surface area (Å²) < 4.78 is 1.18. The molecule has 1 unspecified atom stereocenters. The zero-order chi connectivity index (χ0) is 13.5. The molecule has 1 N–H and O–H groups in total. The highest BCUT2D eigenvalue weighted by Crippen LogP contribution is 2.37. The molecule has 1 fully saturated rings. The van der Waals surface area contributed by atoms with E-state index in [0.717, 1.165) is 0 Å². The first-order valence-electron chi connectivity index (χ1n) is 7.28. The van der Waals surface area contributed by atoms with Crippen LogP contribution in [0.15, 0.2) is 15.9 Å². The van der Waals surface area contributed by atoms with Crippen molar-refractivity contribution in [1.82, 2.24) is 10.3 Å². The second-order valence-corrected chi connectivity index (χ2v) is 8.64. The maximum absolute atomic E-state index is 4.96. The summed E-state index contributed by atoms with van der Waals surface area (Å²) in [5, 5.41) is 7.23. The van der Waals surface area contributed by atoms with Crippen molar-refractivity contribution in [1.29, 1.82) is 0 Å². The second-order valence-electron chi connectivity index (χ2n) is 5.67. The van der Waals surface area contributed by atoms with E-state index in [9.17, 15) is 0 Å². The van der Waals surface area contributed by atoms with Gasteiger partial charge in [0.1, 0.15) is 5.01 Å². The average Bonchev–Trinajstić information content (AvgIpc) is 3.01. The van der Waals surface area contributed by atoms with E-state index in [0.29, 0.717) is 12.1 Å². The van der Waals surface area contributed by atoms with Gasteiger partial charge in [-0.25, -0.2) is 4.98 Å². The third-order valence-corrected chi connectivity index (χ3v) is 6.94. The molecule has 1 atom stereocenters. The zero-order valence-corrected chi connectivity index (χ0v) is 14.4. The van der Waals surface area contributed by atoms with Gasteiger partial charge in [-0.15, -0.1) is 22.7 Å². The lowest BCUT2D eigenvalue weighted by Gasteiger charge is -2.14. The monoisotopic (exact) mass is 368 g/mol. The van der Waals surface area contributed by atoms with Crippen LogP contribution in [0.3, 0.4) is 0 Å². The molecule has 2 aromatic heterocycles. The molecule has 20 heavy (non-hydrogen) atoms. The summed E-state index contributed by atoms with van der Waals surface area (Å²) in [5.74, 6) is 0. The predicted octanol–water partition coefficient (Wildman–Crippen LogP) is 4.69. The fourth-order valence-electron chi connectivity index (χ4n) is 2.74. The van der Waals surface area contributed by atoms with Crippen LogP contribution in [0.5, 0.6) is 0 Å². The standard InChI is InChI=1S/C15H17BrN2S2/c16-9-7-13(19-8-9)14(17-10-5-6-10)15-18-11-3-1-2-4-12(11)20-15/h7-8,10,14,17H,1-6H2. The molecule has 2 aliphatic carbocycles. The Kier molecular flexibility index (Phi) is 3.71. The van der Waals surface area contributed by atoms with E-state index in [2.05, 4.69) is 32.7 Å². The van der Waals surface area contributed by atoms with Gasteiger partial charge < -0.3 is 5.32 Å². The minimum absolute atomic E-state index is 0.300. The van der Waals surface area contributed by atoms with Crippen LogP contribution < -0.4 is 5.32 Å². The van der Waals surface area contributed by atoms with Gasteiger partial charge in [-0.3, -0.25) is 0 Å². The van der Waals surface area contributed by atoms with E-state index in [1.807, 2.05) is 22.7 Å². The van der Waals surface area contributed by atoms with Crippen molar-refractivity contribution < 1.29 is 0 Å². The smallest absolute Gasteiger partial charge is 0.116 e. The third-order valence-electron chi connectivity index (χ3n) is 3.96. The summed E-state index contributed by atoms with van der Waals surface area (Å²) in [5.41, 5.74) is 1.37. The number of fused-ring (bicyclic) bond motifs is 1. The molecule has 0 spiro atoms. The van der Waals surface area contributed by atoms with Gasteiger partial charge in [-0.1, -0.05) is 0 Å². The number of hydrogen-bond acceptors (Lipinski definition) is 4. The molecule has 0 aliphatic heterocycles. The lowest BCUT2D eigenvalue weighted by atomic mass is 10.0. The van der Waals surface area contributed by atoms with Gasteiger partial charge in [0.25, 0.3) is 0 Å². The third kappa shape index (κ3) is 2.73. The highest BCUT2D eigenvalue weighted by Gasteiger charge is 2.30. The molecular formula is C15H17BrN2S2. The molecule has 2 aliphatic rings. The summed E-state index contributed by atoms with van der Waals surface area (Å²) in [4.78, 5) is 7.88. The first-order valence-corrected chi connectivity index (χ1v) is 9.77. The van der Waals surface area contributed by atoms with E-state index in [4.69, 9.17) is 4.98 Å². The molecule has 0 saturated heterocycles. The van der Waals surface area contributed by atoms with Crippen molar-refractivity contribution in [3.63, 3.8) is 0 Å². The fraction of sp³-hybridized carbons (Fsp3) is 0.533. The van der Waals surface area contributed by atoms with Gasteiger partial charge in [0, 0.05) is 25.6 Å². The number of nitrogens with one attached hydrogen (secondary N) is 1. The summed E-state index contributed by atoms with van der Waals surface area (Å²) >= 11 is 7.34. The Bertz CT molecular complexity index is 592. The maximum Gasteiger partial charge on any atom is 0.116 e. The molecule has 2 aromatic rings. The highest BCUT2D eigenvalue weighted by molar-refractivity contribution is 9.10. The minimum Gasteiger partial charge on any atom is -0.301 e. The van der Waals surface area contributed by atoms with Crippen molar-refractivity contribution in [3.8, 4) is 0 Å². The van der Waals surface area contributed by atoms with Crippen molar-refractivity contribution >= 4 is 38.6 Å². The molecule has 2 heterocycles. The van der Waals surface area contributed by atoms with Gasteiger partial charge in [-0.2, -0.15) is 0 Å².